The number of hydrogen-bond acceptors (Lipinski definition) is 4. The van der Waals surface area contributed by atoms with Gasteiger partial charge >= 0.3 is 12.4 Å². The number of nitriles is 1. The Morgan fingerprint density at radius 3 is 2.10 bits per heavy atom. The van der Waals surface area contributed by atoms with Crippen LogP contribution in [-0.4, -0.2) is 20.5 Å². The average molecular weight is 411 g/mol. The topological polar surface area (TPSA) is 66.9 Å². The lowest BCUT2D eigenvalue weighted by Gasteiger charge is -2.13. The first kappa shape index (κ1) is 21.6. The van der Waals surface area contributed by atoms with Gasteiger partial charge < -0.3 is 0 Å². The number of rotatable bonds is 5. The van der Waals surface area contributed by atoms with E-state index in [0.717, 1.165) is 23.4 Å². The van der Waals surface area contributed by atoms with Crippen LogP contribution in [0.25, 0.3) is 17.6 Å². The van der Waals surface area contributed by atoms with Gasteiger partial charge in [0, 0.05) is 11.8 Å². The Hall–Kier alpha value is -3.68. The molecule has 0 saturated carbocycles. The van der Waals surface area contributed by atoms with Crippen LogP contribution in [0, 0.1) is 11.3 Å². The van der Waals surface area contributed by atoms with Crippen molar-refractivity contribution in [3.63, 3.8) is 0 Å². The third-order valence-electron chi connectivity index (χ3n) is 3.44. The summed E-state index contributed by atoms with van der Waals surface area (Å²) in [7, 11) is 0. The molecule has 0 aliphatic rings. The van der Waals surface area contributed by atoms with E-state index in [1.54, 1.807) is 0 Å². The fourth-order valence-corrected chi connectivity index (χ4v) is 2.17. The second kappa shape index (κ2) is 8.14. The van der Waals surface area contributed by atoms with E-state index in [0.29, 0.717) is 12.1 Å². The van der Waals surface area contributed by atoms with Crippen molar-refractivity contribution >= 4 is 11.9 Å². The lowest BCUT2D eigenvalue weighted by atomic mass is 10.0. The molecule has 1 aromatic carbocycles. The predicted octanol–water partition coefficient (Wildman–Crippen LogP) is 5.12. The predicted molar refractivity (Wildman–Crippen MR) is 93.2 cm³/mol. The first-order valence-electron chi connectivity index (χ1n) is 7.64. The van der Waals surface area contributed by atoms with Gasteiger partial charge in [-0.1, -0.05) is 13.2 Å². The summed E-state index contributed by atoms with van der Waals surface area (Å²) < 4.78 is 78.9. The molecule has 0 spiro atoms. The highest BCUT2D eigenvalue weighted by molar-refractivity contribution is 6.13. The average Bonchev–Trinajstić information content (AvgIpc) is 3.11. The number of benzene rings is 1. The molecular weight excluding hydrogens is 400 g/mol. The maximum Gasteiger partial charge on any atom is 0.416 e. The van der Waals surface area contributed by atoms with Crippen molar-refractivity contribution in [2.45, 2.75) is 12.4 Å². The molecule has 0 N–H and O–H groups in total. The molecule has 0 aliphatic carbocycles. The molecule has 0 unspecified atom stereocenters. The van der Waals surface area contributed by atoms with Crippen molar-refractivity contribution in [1.82, 2.24) is 14.8 Å². The minimum Gasteiger partial charge on any atom is -0.256 e. The number of hydrogen-bond donors (Lipinski definition) is 0. The highest BCUT2D eigenvalue weighted by Crippen LogP contribution is 2.38. The number of alkyl halides is 6. The van der Waals surface area contributed by atoms with E-state index in [1.807, 2.05) is 6.07 Å². The second-order valence-corrected chi connectivity index (χ2v) is 5.40. The number of aliphatic imine (C=N–C) groups is 1. The molecule has 2 rings (SSSR count). The number of nitrogens with zero attached hydrogens (tertiary/aromatic N) is 5. The Bertz CT molecular complexity index is 1000. The SMILES string of the molecule is C=CN=C(C=C)/C(C#N)=C/n1cnc(-c2cc(C(F)(F)F)cc(C(F)(F)F)c2)n1. The van der Waals surface area contributed by atoms with Crippen LogP contribution in [0.4, 0.5) is 26.3 Å². The first-order valence-corrected chi connectivity index (χ1v) is 7.64. The second-order valence-electron chi connectivity index (χ2n) is 5.40. The molecule has 1 aromatic heterocycles. The van der Waals surface area contributed by atoms with E-state index in [9.17, 15) is 31.6 Å². The molecule has 2 aromatic rings. The van der Waals surface area contributed by atoms with E-state index in [-0.39, 0.29) is 17.4 Å². The molecule has 0 radical (unpaired) electrons. The smallest absolute Gasteiger partial charge is 0.256 e. The van der Waals surface area contributed by atoms with Gasteiger partial charge in [0.25, 0.3) is 0 Å². The summed E-state index contributed by atoms with van der Waals surface area (Å²) in [5.74, 6) is -0.393. The van der Waals surface area contributed by atoms with Gasteiger partial charge in [-0.25, -0.2) is 9.67 Å². The summed E-state index contributed by atoms with van der Waals surface area (Å²) in [6, 6.07) is 2.85. The van der Waals surface area contributed by atoms with Gasteiger partial charge in [-0.15, -0.1) is 5.10 Å². The Balaban J connectivity index is 2.56. The third-order valence-corrected chi connectivity index (χ3v) is 3.44. The summed E-state index contributed by atoms with van der Waals surface area (Å²) in [5.41, 5.74) is -3.35. The first-order chi connectivity index (χ1) is 13.5. The highest BCUT2D eigenvalue weighted by Gasteiger charge is 2.37. The largest absolute Gasteiger partial charge is 0.416 e. The number of halogens is 6. The van der Waals surface area contributed by atoms with Gasteiger partial charge in [0.15, 0.2) is 5.82 Å². The van der Waals surface area contributed by atoms with E-state index in [4.69, 9.17) is 0 Å². The maximum absolute atomic E-state index is 13.0. The molecule has 0 saturated heterocycles. The summed E-state index contributed by atoms with van der Waals surface area (Å²) in [5, 5.41) is 13.0. The molecule has 5 nitrogen and oxygen atoms in total. The monoisotopic (exact) mass is 411 g/mol. The van der Waals surface area contributed by atoms with Crippen molar-refractivity contribution in [1.29, 1.82) is 5.26 Å². The van der Waals surface area contributed by atoms with E-state index in [1.165, 1.54) is 6.08 Å². The molecule has 11 heteroatoms. The van der Waals surface area contributed by atoms with Crippen LogP contribution in [0.15, 0.2) is 60.5 Å². The van der Waals surface area contributed by atoms with Crippen molar-refractivity contribution < 1.29 is 26.3 Å². The molecule has 0 bridgehead atoms. The van der Waals surface area contributed by atoms with Crippen LogP contribution in [0.3, 0.4) is 0 Å². The highest BCUT2D eigenvalue weighted by atomic mass is 19.4. The zero-order valence-corrected chi connectivity index (χ0v) is 14.5. The van der Waals surface area contributed by atoms with Crippen LogP contribution in [0.2, 0.25) is 0 Å². The normalized spacial score (nSPS) is 13.1. The van der Waals surface area contributed by atoms with Gasteiger partial charge in [0.1, 0.15) is 12.4 Å². The Kier molecular flexibility index (Phi) is 6.06. The fraction of sp³-hybridized carbons (Fsp3) is 0.111. The number of aromatic nitrogens is 3. The van der Waals surface area contributed by atoms with Gasteiger partial charge in [-0.2, -0.15) is 31.6 Å². The molecule has 29 heavy (non-hydrogen) atoms. The Morgan fingerprint density at radius 1 is 1.07 bits per heavy atom. The quantitative estimate of drug-likeness (QED) is 0.390. The number of allylic oxidation sites excluding steroid dienone is 2. The summed E-state index contributed by atoms with van der Waals surface area (Å²) in [6.07, 6.45) is -5.40. The molecular formula is C18H11F6N5. The molecule has 0 fully saturated rings. The van der Waals surface area contributed by atoms with Crippen molar-refractivity contribution in [2.75, 3.05) is 0 Å². The zero-order valence-electron chi connectivity index (χ0n) is 14.5. The van der Waals surface area contributed by atoms with Crippen molar-refractivity contribution in [3.8, 4) is 17.5 Å². The molecule has 0 amide bonds. The van der Waals surface area contributed by atoms with Crippen LogP contribution >= 0.6 is 0 Å². The Labute approximate surface area is 160 Å². The van der Waals surface area contributed by atoms with Crippen LogP contribution in [0.5, 0.6) is 0 Å². The van der Waals surface area contributed by atoms with Crippen LogP contribution in [0.1, 0.15) is 11.1 Å². The summed E-state index contributed by atoms with van der Waals surface area (Å²) >= 11 is 0. The van der Waals surface area contributed by atoms with Crippen molar-refractivity contribution in [2.24, 2.45) is 4.99 Å². The lowest BCUT2D eigenvalue weighted by Crippen LogP contribution is -2.11. The fourth-order valence-electron chi connectivity index (χ4n) is 2.17. The summed E-state index contributed by atoms with van der Waals surface area (Å²) in [6.45, 7) is 6.86. The van der Waals surface area contributed by atoms with Crippen LogP contribution in [-0.2, 0) is 12.4 Å². The lowest BCUT2D eigenvalue weighted by molar-refractivity contribution is -0.143. The third kappa shape index (κ3) is 5.19. The minimum absolute atomic E-state index is 0.0102. The molecule has 150 valence electrons. The standard InChI is InChI=1S/C18H11F6N5/c1-3-15(26-4-2)12(8-25)9-29-10-27-16(28-29)11-5-13(17(19,20)21)7-14(6-11)18(22,23)24/h3-7,9-10H,1-2H2/b12-9+,26-15?. The van der Waals surface area contributed by atoms with Gasteiger partial charge in [0.05, 0.1) is 28.6 Å². The van der Waals surface area contributed by atoms with E-state index < -0.39 is 34.9 Å². The van der Waals surface area contributed by atoms with E-state index >= 15 is 0 Å². The Morgan fingerprint density at radius 2 is 1.66 bits per heavy atom. The maximum atomic E-state index is 13.0. The van der Waals surface area contributed by atoms with E-state index in [2.05, 4.69) is 28.2 Å². The van der Waals surface area contributed by atoms with Gasteiger partial charge in [-0.05, 0) is 24.3 Å². The van der Waals surface area contributed by atoms with Crippen LogP contribution < -0.4 is 0 Å². The summed E-state index contributed by atoms with van der Waals surface area (Å²) in [4.78, 5) is 7.54. The van der Waals surface area contributed by atoms with Gasteiger partial charge in [-0.3, -0.25) is 4.99 Å². The zero-order chi connectivity index (χ0) is 21.8. The van der Waals surface area contributed by atoms with Crippen molar-refractivity contribution in [3.05, 3.63) is 66.7 Å². The molecule has 0 atom stereocenters. The molecule has 0 aliphatic heterocycles. The van der Waals surface area contributed by atoms with Gasteiger partial charge in [0.2, 0.25) is 0 Å². The minimum atomic E-state index is -4.99. The molecule has 1 heterocycles.